The van der Waals surface area contributed by atoms with Crippen molar-refractivity contribution in [3.8, 4) is 0 Å². The van der Waals surface area contributed by atoms with Gasteiger partial charge >= 0.3 is 0 Å². The van der Waals surface area contributed by atoms with Gasteiger partial charge in [-0.3, -0.25) is 9.78 Å². The average Bonchev–Trinajstić information content (AvgIpc) is 2.27. The molecule has 0 saturated carbocycles. The van der Waals surface area contributed by atoms with Crippen LogP contribution in [0.3, 0.4) is 0 Å². The van der Waals surface area contributed by atoms with Gasteiger partial charge in [-0.25, -0.2) is 13.2 Å². The third-order valence-corrected chi connectivity index (χ3v) is 1.82. The number of halogens is 3. The van der Waals surface area contributed by atoms with Gasteiger partial charge in [-0.1, -0.05) is 0 Å². The maximum absolute atomic E-state index is 13.0. The molecule has 0 aliphatic rings. The van der Waals surface area contributed by atoms with Crippen molar-refractivity contribution < 1.29 is 18.0 Å². The van der Waals surface area contributed by atoms with Crippen LogP contribution in [0.5, 0.6) is 0 Å². The first-order chi connectivity index (χ1) is 7.46. The number of hydrogen-bond donors (Lipinski definition) is 2. The molecule has 0 spiro atoms. The summed E-state index contributed by atoms with van der Waals surface area (Å²) in [7, 11) is 0. The number of amides is 1. The molecule has 0 bridgehead atoms. The molecule has 0 aliphatic carbocycles. The van der Waals surface area contributed by atoms with Gasteiger partial charge in [0, 0.05) is 6.20 Å². The summed E-state index contributed by atoms with van der Waals surface area (Å²) in [5.41, 5.74) is 4.45. The second-order valence-corrected chi connectivity index (χ2v) is 3.10. The summed E-state index contributed by atoms with van der Waals surface area (Å²) in [6.07, 6.45) is 2.02. The monoisotopic (exact) mass is 233 g/mol. The van der Waals surface area contributed by atoms with E-state index >= 15 is 0 Å². The van der Waals surface area contributed by atoms with Gasteiger partial charge in [-0.2, -0.15) is 0 Å². The summed E-state index contributed by atoms with van der Waals surface area (Å²) in [6.45, 7) is -1.81. The molecule has 0 aliphatic heterocycles. The third kappa shape index (κ3) is 3.20. The van der Waals surface area contributed by atoms with Crippen molar-refractivity contribution >= 4 is 5.91 Å². The van der Waals surface area contributed by atoms with E-state index in [9.17, 15) is 18.0 Å². The van der Waals surface area contributed by atoms with Gasteiger partial charge in [-0.15, -0.1) is 0 Å². The molecule has 4 nitrogen and oxygen atoms in total. The lowest BCUT2D eigenvalue weighted by Crippen LogP contribution is -2.41. The van der Waals surface area contributed by atoms with Gasteiger partial charge < -0.3 is 11.1 Å². The van der Waals surface area contributed by atoms with Gasteiger partial charge in [0.2, 0.25) is 0 Å². The lowest BCUT2D eigenvalue weighted by atomic mass is 10.2. The van der Waals surface area contributed by atoms with Gasteiger partial charge in [0.15, 0.2) is 5.82 Å². The summed E-state index contributed by atoms with van der Waals surface area (Å²) >= 11 is 0. The highest BCUT2D eigenvalue weighted by Crippen LogP contribution is 2.10. The second-order valence-electron chi connectivity index (χ2n) is 3.10. The summed E-state index contributed by atoms with van der Waals surface area (Å²) < 4.78 is 38.4. The molecule has 3 N–H and O–H groups in total. The minimum absolute atomic E-state index is 0.331. The molecule has 0 atom stereocenters. The molecule has 0 radical (unpaired) electrons. The van der Waals surface area contributed by atoms with Gasteiger partial charge in [0.05, 0.1) is 24.8 Å². The zero-order valence-corrected chi connectivity index (χ0v) is 8.21. The van der Waals surface area contributed by atoms with Gasteiger partial charge in [0.25, 0.3) is 11.8 Å². The SMILES string of the molecule is NCC(F)(F)CNC(=O)c1ccncc1F. The van der Waals surface area contributed by atoms with Crippen molar-refractivity contribution in [3.63, 3.8) is 0 Å². The Morgan fingerprint density at radius 1 is 1.56 bits per heavy atom. The van der Waals surface area contributed by atoms with E-state index in [4.69, 9.17) is 5.73 Å². The zero-order valence-electron chi connectivity index (χ0n) is 8.21. The Morgan fingerprint density at radius 2 is 2.25 bits per heavy atom. The highest BCUT2D eigenvalue weighted by molar-refractivity contribution is 5.94. The van der Waals surface area contributed by atoms with E-state index in [-0.39, 0.29) is 5.56 Å². The maximum Gasteiger partial charge on any atom is 0.277 e. The van der Waals surface area contributed by atoms with Gasteiger partial charge in [0.1, 0.15) is 0 Å². The lowest BCUT2D eigenvalue weighted by molar-refractivity contribution is 0.0118. The van der Waals surface area contributed by atoms with E-state index in [2.05, 4.69) is 4.98 Å². The van der Waals surface area contributed by atoms with Crippen LogP contribution in [-0.4, -0.2) is 29.9 Å². The van der Waals surface area contributed by atoms with Crippen molar-refractivity contribution in [2.75, 3.05) is 13.1 Å². The molecule has 7 heteroatoms. The third-order valence-electron chi connectivity index (χ3n) is 1.82. The molecular weight excluding hydrogens is 223 g/mol. The standard InChI is InChI=1S/C9H10F3N3O/c10-7-3-14-2-1-6(7)8(16)15-5-9(11,12)4-13/h1-3H,4-5,13H2,(H,15,16). The molecule has 0 saturated heterocycles. The molecule has 1 rings (SSSR count). The van der Waals surface area contributed by atoms with E-state index in [1.807, 2.05) is 5.32 Å². The van der Waals surface area contributed by atoms with Crippen LogP contribution in [0.15, 0.2) is 18.5 Å². The fourth-order valence-electron chi connectivity index (χ4n) is 0.936. The number of carbonyl (C=O) groups excluding carboxylic acids is 1. The van der Waals surface area contributed by atoms with E-state index in [0.29, 0.717) is 0 Å². The molecular formula is C9H10F3N3O. The Morgan fingerprint density at radius 3 is 2.81 bits per heavy atom. The highest BCUT2D eigenvalue weighted by Gasteiger charge is 2.27. The summed E-state index contributed by atoms with van der Waals surface area (Å²) in [5.74, 6) is -4.98. The van der Waals surface area contributed by atoms with Crippen LogP contribution >= 0.6 is 0 Å². The first-order valence-electron chi connectivity index (χ1n) is 4.42. The number of carbonyl (C=O) groups is 1. The van der Waals surface area contributed by atoms with Crippen molar-refractivity contribution in [3.05, 3.63) is 29.8 Å². The van der Waals surface area contributed by atoms with Crippen molar-refractivity contribution in [2.45, 2.75) is 5.92 Å². The lowest BCUT2D eigenvalue weighted by Gasteiger charge is -2.14. The van der Waals surface area contributed by atoms with Gasteiger partial charge in [-0.05, 0) is 6.07 Å². The molecule has 16 heavy (non-hydrogen) atoms. The Kier molecular flexibility index (Phi) is 3.83. The molecule has 1 amide bonds. The van der Waals surface area contributed by atoms with Crippen molar-refractivity contribution in [1.82, 2.24) is 10.3 Å². The largest absolute Gasteiger partial charge is 0.346 e. The molecule has 1 aromatic heterocycles. The number of aromatic nitrogens is 1. The molecule has 1 heterocycles. The Hall–Kier alpha value is -1.63. The molecule has 0 unspecified atom stereocenters. The molecule has 0 fully saturated rings. The number of hydrogen-bond acceptors (Lipinski definition) is 3. The predicted molar refractivity (Wildman–Crippen MR) is 50.5 cm³/mol. The van der Waals surface area contributed by atoms with Crippen LogP contribution in [0.25, 0.3) is 0 Å². The normalized spacial score (nSPS) is 11.2. The number of alkyl halides is 2. The predicted octanol–water partition coefficient (Wildman–Crippen LogP) is 0.544. The minimum Gasteiger partial charge on any atom is -0.346 e. The highest BCUT2D eigenvalue weighted by atomic mass is 19.3. The van der Waals surface area contributed by atoms with Crippen LogP contribution in [0.1, 0.15) is 10.4 Å². The van der Waals surface area contributed by atoms with E-state index < -0.39 is 30.7 Å². The van der Waals surface area contributed by atoms with Crippen LogP contribution in [0.2, 0.25) is 0 Å². The summed E-state index contributed by atoms with van der Waals surface area (Å²) in [5, 5.41) is 1.89. The minimum atomic E-state index is -3.20. The maximum atomic E-state index is 13.0. The first kappa shape index (κ1) is 12.4. The Bertz CT molecular complexity index is 384. The summed E-state index contributed by atoms with van der Waals surface area (Å²) in [6, 6.07) is 1.10. The number of pyridine rings is 1. The summed E-state index contributed by atoms with van der Waals surface area (Å²) in [4.78, 5) is 14.7. The van der Waals surface area contributed by atoms with E-state index in [1.54, 1.807) is 0 Å². The Balaban J connectivity index is 2.64. The number of nitrogens with zero attached hydrogens (tertiary/aromatic N) is 1. The quantitative estimate of drug-likeness (QED) is 0.797. The van der Waals surface area contributed by atoms with Crippen molar-refractivity contribution in [2.24, 2.45) is 5.73 Å². The van der Waals surface area contributed by atoms with Crippen molar-refractivity contribution in [1.29, 1.82) is 0 Å². The van der Waals surface area contributed by atoms with Crippen LogP contribution < -0.4 is 11.1 Å². The van der Waals surface area contributed by atoms with Crippen LogP contribution in [0.4, 0.5) is 13.2 Å². The number of nitrogens with two attached hydrogens (primary N) is 1. The fraction of sp³-hybridized carbons (Fsp3) is 0.333. The van der Waals surface area contributed by atoms with Crippen LogP contribution in [-0.2, 0) is 0 Å². The van der Waals surface area contributed by atoms with Crippen LogP contribution in [0, 0.1) is 5.82 Å². The Labute approximate surface area is 89.7 Å². The topological polar surface area (TPSA) is 68.0 Å². The first-order valence-corrected chi connectivity index (χ1v) is 4.42. The number of rotatable bonds is 4. The smallest absolute Gasteiger partial charge is 0.277 e. The second kappa shape index (κ2) is 4.93. The zero-order chi connectivity index (χ0) is 12.2. The van der Waals surface area contributed by atoms with E-state index in [0.717, 1.165) is 12.3 Å². The average molecular weight is 233 g/mol. The van der Waals surface area contributed by atoms with E-state index in [1.165, 1.54) is 6.20 Å². The molecule has 1 aromatic rings. The molecule has 0 aromatic carbocycles. The fourth-order valence-corrected chi connectivity index (χ4v) is 0.936. The molecule has 88 valence electrons. The number of nitrogens with one attached hydrogen (secondary N) is 1.